The molecule has 0 fully saturated rings. The van der Waals surface area contributed by atoms with Gasteiger partial charge in [0.15, 0.2) is 9.84 Å². The molecule has 1 aromatic rings. The van der Waals surface area contributed by atoms with Crippen LogP contribution < -0.4 is 10.6 Å². The van der Waals surface area contributed by atoms with E-state index in [4.69, 9.17) is 0 Å². The van der Waals surface area contributed by atoms with Gasteiger partial charge in [-0.3, -0.25) is 9.59 Å². The summed E-state index contributed by atoms with van der Waals surface area (Å²) in [5.41, 5.74) is 0.310. The molecule has 1 atom stereocenters. The first-order valence-electron chi connectivity index (χ1n) is 6.97. The van der Waals surface area contributed by atoms with Crippen LogP contribution in [0.15, 0.2) is 29.2 Å². The summed E-state index contributed by atoms with van der Waals surface area (Å²) in [4.78, 5) is 24.1. The summed E-state index contributed by atoms with van der Waals surface area (Å²) in [6.45, 7) is 3.92. The predicted octanol–water partition coefficient (Wildman–Crippen LogP) is 0.981. The Morgan fingerprint density at radius 2 is 1.68 bits per heavy atom. The summed E-state index contributed by atoms with van der Waals surface area (Å²) in [6, 6.07) is 5.00. The summed E-state index contributed by atoms with van der Waals surface area (Å²) < 4.78 is 22.8. The molecule has 1 aromatic carbocycles. The van der Waals surface area contributed by atoms with Crippen molar-refractivity contribution in [2.45, 2.75) is 31.2 Å². The fourth-order valence-electron chi connectivity index (χ4n) is 1.97. The summed E-state index contributed by atoms with van der Waals surface area (Å²) in [6.07, 6.45) is 1.62. The molecule has 0 aromatic heterocycles. The monoisotopic (exact) mass is 326 g/mol. The molecule has 0 aliphatic carbocycles. The molecule has 0 bridgehead atoms. The number of rotatable bonds is 6. The van der Waals surface area contributed by atoms with Crippen LogP contribution in [-0.4, -0.2) is 39.6 Å². The number of nitrogens with one attached hydrogen (secondary N) is 2. The van der Waals surface area contributed by atoms with Gasteiger partial charge in [-0.2, -0.15) is 0 Å². The van der Waals surface area contributed by atoms with Crippen LogP contribution in [0.1, 0.15) is 30.6 Å². The highest BCUT2D eigenvalue weighted by molar-refractivity contribution is 7.90. The van der Waals surface area contributed by atoms with Crippen molar-refractivity contribution in [3.63, 3.8) is 0 Å². The van der Waals surface area contributed by atoms with Crippen molar-refractivity contribution in [2.24, 2.45) is 5.92 Å². The zero-order valence-electron chi connectivity index (χ0n) is 13.2. The first-order valence-corrected chi connectivity index (χ1v) is 8.87. The van der Waals surface area contributed by atoms with Crippen LogP contribution in [-0.2, 0) is 14.6 Å². The Labute approximate surface area is 131 Å². The van der Waals surface area contributed by atoms with Gasteiger partial charge in [0.05, 0.1) is 4.90 Å². The molecule has 6 nitrogen and oxygen atoms in total. The first-order chi connectivity index (χ1) is 10.1. The SMILES string of the molecule is CNC(=O)[C@@H](CC(C)C)NC(=O)c1ccc(S(C)(=O)=O)cc1. The Morgan fingerprint density at radius 1 is 1.14 bits per heavy atom. The molecular weight excluding hydrogens is 304 g/mol. The maximum absolute atomic E-state index is 12.2. The Bertz CT molecular complexity index is 636. The Hall–Kier alpha value is -1.89. The number of amides is 2. The summed E-state index contributed by atoms with van der Waals surface area (Å²) >= 11 is 0. The quantitative estimate of drug-likeness (QED) is 0.815. The topological polar surface area (TPSA) is 92.3 Å². The zero-order valence-corrected chi connectivity index (χ0v) is 14.0. The highest BCUT2D eigenvalue weighted by Gasteiger charge is 2.21. The minimum Gasteiger partial charge on any atom is -0.357 e. The van der Waals surface area contributed by atoms with Crippen LogP contribution in [0.2, 0.25) is 0 Å². The smallest absolute Gasteiger partial charge is 0.251 e. The van der Waals surface area contributed by atoms with Crippen LogP contribution in [0.3, 0.4) is 0 Å². The number of likely N-dealkylation sites (N-methyl/N-ethyl adjacent to an activating group) is 1. The highest BCUT2D eigenvalue weighted by atomic mass is 32.2. The third-order valence-corrected chi connectivity index (χ3v) is 4.25. The minimum absolute atomic E-state index is 0.147. The average molecular weight is 326 g/mol. The molecular formula is C15H22N2O4S. The van der Waals surface area contributed by atoms with Crippen molar-refractivity contribution >= 4 is 21.7 Å². The summed E-state index contributed by atoms with van der Waals surface area (Å²) in [5.74, 6) is -0.417. The molecule has 0 aliphatic heterocycles. The van der Waals surface area contributed by atoms with Gasteiger partial charge < -0.3 is 10.6 Å². The third-order valence-electron chi connectivity index (χ3n) is 3.12. The van der Waals surface area contributed by atoms with E-state index in [2.05, 4.69) is 10.6 Å². The van der Waals surface area contributed by atoms with Crippen molar-refractivity contribution in [1.82, 2.24) is 10.6 Å². The highest BCUT2D eigenvalue weighted by Crippen LogP contribution is 2.11. The van der Waals surface area contributed by atoms with Gasteiger partial charge in [-0.15, -0.1) is 0 Å². The van der Waals surface area contributed by atoms with E-state index < -0.39 is 21.8 Å². The fourth-order valence-corrected chi connectivity index (χ4v) is 2.60. The maximum Gasteiger partial charge on any atom is 0.251 e. The van der Waals surface area contributed by atoms with Gasteiger partial charge in [0.25, 0.3) is 5.91 Å². The molecule has 22 heavy (non-hydrogen) atoms. The molecule has 0 heterocycles. The van der Waals surface area contributed by atoms with E-state index in [1.54, 1.807) is 0 Å². The zero-order chi connectivity index (χ0) is 16.9. The Morgan fingerprint density at radius 3 is 2.09 bits per heavy atom. The molecule has 0 spiro atoms. The van der Waals surface area contributed by atoms with E-state index in [1.165, 1.54) is 31.3 Å². The van der Waals surface area contributed by atoms with Crippen LogP contribution in [0.25, 0.3) is 0 Å². The lowest BCUT2D eigenvalue weighted by atomic mass is 10.0. The number of hydrogen-bond donors (Lipinski definition) is 2. The predicted molar refractivity (Wildman–Crippen MR) is 84.3 cm³/mol. The molecule has 7 heteroatoms. The third kappa shape index (κ3) is 5.14. The van der Waals surface area contributed by atoms with Crippen molar-refractivity contribution < 1.29 is 18.0 Å². The molecule has 2 amide bonds. The van der Waals surface area contributed by atoms with Gasteiger partial charge in [-0.1, -0.05) is 13.8 Å². The Balaban J connectivity index is 2.88. The van der Waals surface area contributed by atoms with Crippen molar-refractivity contribution in [3.8, 4) is 0 Å². The second-order valence-electron chi connectivity index (χ2n) is 5.57. The minimum atomic E-state index is -3.30. The molecule has 0 radical (unpaired) electrons. The van der Waals surface area contributed by atoms with Gasteiger partial charge in [0, 0.05) is 18.9 Å². The number of sulfone groups is 1. The van der Waals surface area contributed by atoms with Gasteiger partial charge in [0.2, 0.25) is 5.91 Å². The van der Waals surface area contributed by atoms with Gasteiger partial charge in [0.1, 0.15) is 6.04 Å². The summed E-state index contributed by atoms with van der Waals surface area (Å²) in [5, 5.41) is 5.20. The van der Waals surface area contributed by atoms with Gasteiger partial charge in [-0.05, 0) is 36.6 Å². The fraction of sp³-hybridized carbons (Fsp3) is 0.467. The number of hydrogen-bond acceptors (Lipinski definition) is 4. The standard InChI is InChI=1S/C15H22N2O4S/c1-10(2)9-13(15(19)16-3)17-14(18)11-5-7-12(8-6-11)22(4,20)21/h5-8,10,13H,9H2,1-4H3,(H,16,19)(H,17,18)/t13-/m1/s1. The van der Waals surface area contributed by atoms with Crippen LogP contribution >= 0.6 is 0 Å². The van der Waals surface area contributed by atoms with Crippen LogP contribution in [0, 0.1) is 5.92 Å². The van der Waals surface area contributed by atoms with Crippen molar-refractivity contribution in [2.75, 3.05) is 13.3 Å². The number of benzene rings is 1. The second-order valence-corrected chi connectivity index (χ2v) is 7.58. The van der Waals surface area contributed by atoms with E-state index in [0.29, 0.717) is 12.0 Å². The van der Waals surface area contributed by atoms with Crippen molar-refractivity contribution in [3.05, 3.63) is 29.8 Å². The van der Waals surface area contributed by atoms with Crippen molar-refractivity contribution in [1.29, 1.82) is 0 Å². The lowest BCUT2D eigenvalue weighted by Gasteiger charge is -2.19. The molecule has 122 valence electrons. The van der Waals surface area contributed by atoms with Gasteiger partial charge in [-0.25, -0.2) is 8.42 Å². The lowest BCUT2D eigenvalue weighted by molar-refractivity contribution is -0.122. The summed E-state index contributed by atoms with van der Waals surface area (Å²) in [7, 11) is -1.78. The molecule has 2 N–H and O–H groups in total. The largest absolute Gasteiger partial charge is 0.357 e. The molecule has 0 unspecified atom stereocenters. The van der Waals surface area contributed by atoms with Crippen LogP contribution in [0.4, 0.5) is 0 Å². The lowest BCUT2D eigenvalue weighted by Crippen LogP contribution is -2.46. The molecule has 0 saturated heterocycles. The molecule has 0 aliphatic rings. The molecule has 0 saturated carbocycles. The van der Waals surface area contributed by atoms with E-state index in [1.807, 2.05) is 13.8 Å². The Kier molecular flexibility index (Phi) is 6.11. The number of carbonyl (C=O) groups excluding carboxylic acids is 2. The maximum atomic E-state index is 12.2. The van der Waals surface area contributed by atoms with Gasteiger partial charge >= 0.3 is 0 Å². The average Bonchev–Trinajstić information content (AvgIpc) is 2.44. The van der Waals surface area contributed by atoms with Crippen LogP contribution in [0.5, 0.6) is 0 Å². The van der Waals surface area contributed by atoms with E-state index >= 15 is 0 Å². The second kappa shape index (κ2) is 7.40. The van der Waals surface area contributed by atoms with E-state index in [0.717, 1.165) is 6.26 Å². The normalized spacial score (nSPS) is 12.8. The van der Waals surface area contributed by atoms with E-state index in [-0.39, 0.29) is 16.7 Å². The number of carbonyl (C=O) groups is 2. The molecule has 1 rings (SSSR count). The first kappa shape index (κ1) is 18.2. The van der Waals surface area contributed by atoms with E-state index in [9.17, 15) is 18.0 Å².